The topological polar surface area (TPSA) is 103 Å². The number of rotatable bonds is 10. The Bertz CT molecular complexity index is 1300. The Hall–Kier alpha value is -3.20. The number of likely N-dealkylation sites (tertiary alicyclic amines) is 1. The smallest absolute Gasteiger partial charge is 0.410 e. The van der Waals surface area contributed by atoms with E-state index in [9.17, 15) is 9.59 Å². The van der Waals surface area contributed by atoms with Gasteiger partial charge in [-0.3, -0.25) is 4.79 Å². The fourth-order valence-electron chi connectivity index (χ4n) is 7.27. The number of nitrogens with one attached hydrogen (secondary N) is 1. The number of hydrogen-bond donors (Lipinski definition) is 1. The fraction of sp³-hybridized carbons (Fsp3) is 0.667. The van der Waals surface area contributed by atoms with Crippen molar-refractivity contribution in [3.05, 3.63) is 34.9 Å². The Morgan fingerprint density at radius 2 is 1.64 bits per heavy atom. The third-order valence-corrected chi connectivity index (χ3v) is 9.39. The summed E-state index contributed by atoms with van der Waals surface area (Å²) in [5.74, 6) is 2.22. The Morgan fingerprint density at radius 3 is 2.29 bits per heavy atom. The molecule has 9 nitrogen and oxygen atoms in total. The Labute approximate surface area is 268 Å². The number of carbonyl (C=O) groups excluding carboxylic acids is 2. The summed E-state index contributed by atoms with van der Waals surface area (Å²) in [5, 5.41) is 13.7. The predicted octanol–water partition coefficient (Wildman–Crippen LogP) is 8.24. The molecule has 1 aliphatic heterocycles. The minimum Gasteiger partial charge on any atom is -0.467 e. The maximum atomic E-state index is 13.0. The van der Waals surface area contributed by atoms with E-state index < -0.39 is 5.60 Å². The standard InChI is InChI=1S/C36H52N4O5/c1-5-43-24-44-30-21-25(23-41)18-19-29(30)33-31(26-13-8-6-9-14-26)32(27-15-10-7-11-16-27)34(39-38-33)37-28-17-12-20-40(22-28)35(42)45-36(2,3)4/h18-19,21,23,26-28H,5-17,20,22,24H2,1-4H3,(H,37,39)/t28-/m1/s1. The molecule has 1 aromatic carbocycles. The third kappa shape index (κ3) is 8.54. The number of hydrogen-bond acceptors (Lipinski definition) is 8. The van der Waals surface area contributed by atoms with E-state index in [1.807, 2.05) is 44.7 Å². The number of benzene rings is 1. The summed E-state index contributed by atoms with van der Waals surface area (Å²) in [4.78, 5) is 26.5. The van der Waals surface area contributed by atoms with Crippen LogP contribution in [0.4, 0.5) is 10.6 Å². The lowest BCUT2D eigenvalue weighted by Crippen LogP contribution is -2.47. The zero-order chi connectivity index (χ0) is 31.8. The van der Waals surface area contributed by atoms with Gasteiger partial charge in [0.15, 0.2) is 12.6 Å². The molecule has 1 aromatic heterocycles. The van der Waals surface area contributed by atoms with Gasteiger partial charge >= 0.3 is 6.09 Å². The summed E-state index contributed by atoms with van der Waals surface area (Å²) in [6, 6.07) is 5.64. The van der Waals surface area contributed by atoms with Crippen molar-refractivity contribution in [2.45, 2.75) is 128 Å². The van der Waals surface area contributed by atoms with E-state index in [2.05, 4.69) is 5.32 Å². The minimum absolute atomic E-state index is 0.0601. The molecular weight excluding hydrogens is 568 g/mol. The first-order chi connectivity index (χ1) is 21.8. The molecule has 3 fully saturated rings. The molecule has 246 valence electrons. The average molecular weight is 621 g/mol. The molecule has 2 aromatic rings. The second kappa shape index (κ2) is 15.4. The molecule has 0 radical (unpaired) electrons. The first-order valence-electron chi connectivity index (χ1n) is 17.2. The van der Waals surface area contributed by atoms with Crippen molar-refractivity contribution >= 4 is 18.2 Å². The molecule has 2 saturated carbocycles. The summed E-state index contributed by atoms with van der Waals surface area (Å²) >= 11 is 0. The molecule has 0 spiro atoms. The van der Waals surface area contributed by atoms with Crippen LogP contribution in [0.15, 0.2) is 18.2 Å². The molecule has 0 bridgehead atoms. The average Bonchev–Trinajstić information content (AvgIpc) is 3.05. The van der Waals surface area contributed by atoms with Crippen LogP contribution in [0.2, 0.25) is 0 Å². The molecule has 9 heteroatoms. The van der Waals surface area contributed by atoms with Gasteiger partial charge in [0.2, 0.25) is 0 Å². The second-order valence-electron chi connectivity index (χ2n) is 13.9. The van der Waals surface area contributed by atoms with Gasteiger partial charge in [-0.15, -0.1) is 10.2 Å². The number of nitrogens with zero attached hydrogens (tertiary/aromatic N) is 3. The van der Waals surface area contributed by atoms with Crippen LogP contribution in [-0.4, -0.2) is 65.6 Å². The molecule has 5 rings (SSSR count). The van der Waals surface area contributed by atoms with Gasteiger partial charge in [-0.05, 0) is 95.8 Å². The normalized spacial score (nSPS) is 20.1. The van der Waals surface area contributed by atoms with Crippen molar-refractivity contribution in [3.63, 3.8) is 0 Å². The van der Waals surface area contributed by atoms with Crippen molar-refractivity contribution in [1.29, 1.82) is 0 Å². The van der Waals surface area contributed by atoms with Crippen LogP contribution < -0.4 is 10.1 Å². The van der Waals surface area contributed by atoms with Gasteiger partial charge in [-0.2, -0.15) is 0 Å². The highest BCUT2D eigenvalue weighted by Gasteiger charge is 2.34. The van der Waals surface area contributed by atoms with Gasteiger partial charge in [-0.25, -0.2) is 4.79 Å². The van der Waals surface area contributed by atoms with Crippen LogP contribution in [0.5, 0.6) is 5.75 Å². The van der Waals surface area contributed by atoms with Crippen molar-refractivity contribution in [3.8, 4) is 17.0 Å². The van der Waals surface area contributed by atoms with E-state index >= 15 is 0 Å². The molecule has 1 N–H and O–H groups in total. The predicted molar refractivity (Wildman–Crippen MR) is 176 cm³/mol. The largest absolute Gasteiger partial charge is 0.467 e. The van der Waals surface area contributed by atoms with Crippen molar-refractivity contribution < 1.29 is 23.8 Å². The van der Waals surface area contributed by atoms with E-state index in [1.165, 1.54) is 49.7 Å². The van der Waals surface area contributed by atoms with Crippen LogP contribution in [0.3, 0.4) is 0 Å². The summed E-state index contributed by atoms with van der Waals surface area (Å²) in [7, 11) is 0. The molecule has 1 amide bonds. The Balaban J connectivity index is 1.57. The molecule has 1 saturated heterocycles. The van der Waals surface area contributed by atoms with Gasteiger partial charge in [0.1, 0.15) is 23.3 Å². The van der Waals surface area contributed by atoms with Gasteiger partial charge in [0.25, 0.3) is 0 Å². The number of piperidine rings is 1. The van der Waals surface area contributed by atoms with Crippen LogP contribution in [0.25, 0.3) is 11.3 Å². The van der Waals surface area contributed by atoms with Crippen molar-refractivity contribution in [2.24, 2.45) is 0 Å². The maximum absolute atomic E-state index is 13.0. The molecule has 1 atom stereocenters. The summed E-state index contributed by atoms with van der Waals surface area (Å²) in [5.41, 5.74) is 4.32. The number of carbonyl (C=O) groups is 2. The number of amides is 1. The Morgan fingerprint density at radius 1 is 0.956 bits per heavy atom. The van der Waals surface area contributed by atoms with E-state index in [0.29, 0.717) is 42.8 Å². The van der Waals surface area contributed by atoms with E-state index in [1.54, 1.807) is 6.07 Å². The zero-order valence-corrected chi connectivity index (χ0v) is 27.7. The molecule has 3 aliphatic rings. The third-order valence-electron chi connectivity index (χ3n) is 9.39. The highest BCUT2D eigenvalue weighted by molar-refractivity contribution is 5.81. The molecule has 2 heterocycles. The van der Waals surface area contributed by atoms with Crippen molar-refractivity contribution in [1.82, 2.24) is 15.1 Å². The summed E-state index contributed by atoms with van der Waals surface area (Å²) < 4.78 is 17.3. The van der Waals surface area contributed by atoms with Crippen LogP contribution in [0.1, 0.15) is 138 Å². The molecular formula is C36H52N4O5. The SMILES string of the molecule is CCOCOc1cc(C=O)ccc1-c1nnc(N[C@@H]2CCCN(C(=O)OC(C)(C)C)C2)c(C2CCCCC2)c1C1CCCCC1. The van der Waals surface area contributed by atoms with Gasteiger partial charge < -0.3 is 24.4 Å². The second-order valence-corrected chi connectivity index (χ2v) is 13.9. The number of aldehydes is 1. The highest BCUT2D eigenvalue weighted by Crippen LogP contribution is 2.48. The number of aromatic nitrogens is 2. The quantitative estimate of drug-likeness (QED) is 0.161. The summed E-state index contributed by atoms with van der Waals surface area (Å²) in [6.07, 6.45) is 14.3. The van der Waals surface area contributed by atoms with Gasteiger partial charge in [0, 0.05) is 42.4 Å². The first kappa shape index (κ1) is 33.2. The summed E-state index contributed by atoms with van der Waals surface area (Å²) in [6.45, 7) is 9.56. The van der Waals surface area contributed by atoms with E-state index in [0.717, 1.165) is 61.9 Å². The fourth-order valence-corrected chi connectivity index (χ4v) is 7.27. The molecule has 45 heavy (non-hydrogen) atoms. The van der Waals surface area contributed by atoms with Gasteiger partial charge in [0.05, 0.1) is 0 Å². The van der Waals surface area contributed by atoms with Crippen LogP contribution in [0, 0.1) is 0 Å². The van der Waals surface area contributed by atoms with Crippen LogP contribution >= 0.6 is 0 Å². The highest BCUT2D eigenvalue weighted by atomic mass is 16.7. The van der Waals surface area contributed by atoms with Crippen molar-refractivity contribution in [2.75, 3.05) is 31.8 Å². The lowest BCUT2D eigenvalue weighted by molar-refractivity contribution is 0.0205. The number of anilines is 1. The lowest BCUT2D eigenvalue weighted by Gasteiger charge is -2.36. The molecule has 0 unspecified atom stereocenters. The monoisotopic (exact) mass is 620 g/mol. The first-order valence-corrected chi connectivity index (χ1v) is 17.2. The maximum Gasteiger partial charge on any atom is 0.410 e. The molecule has 2 aliphatic carbocycles. The minimum atomic E-state index is -0.531. The lowest BCUT2D eigenvalue weighted by atomic mass is 9.74. The Kier molecular flexibility index (Phi) is 11.3. The van der Waals surface area contributed by atoms with E-state index in [-0.39, 0.29) is 18.9 Å². The van der Waals surface area contributed by atoms with E-state index in [4.69, 9.17) is 24.4 Å². The number of ether oxygens (including phenoxy) is 3. The van der Waals surface area contributed by atoms with Gasteiger partial charge in [-0.1, -0.05) is 44.6 Å². The zero-order valence-electron chi connectivity index (χ0n) is 27.7. The van der Waals surface area contributed by atoms with Crippen LogP contribution in [-0.2, 0) is 9.47 Å².